The Balaban J connectivity index is 2.08. The van der Waals surface area contributed by atoms with Crippen molar-refractivity contribution in [1.29, 1.82) is 0 Å². The predicted molar refractivity (Wildman–Crippen MR) is 81.8 cm³/mol. The molecular weight excluding hydrogens is 291 g/mol. The van der Waals surface area contributed by atoms with Gasteiger partial charge in [0.05, 0.1) is 10.8 Å². The average molecular weight is 306 g/mol. The molecule has 21 heavy (non-hydrogen) atoms. The van der Waals surface area contributed by atoms with Gasteiger partial charge < -0.3 is 11.1 Å². The number of nitrogen functional groups attached to an aromatic ring is 1. The molecule has 0 aliphatic carbocycles. The fraction of sp³-hybridized carbons (Fsp3) is 0.133. The highest BCUT2D eigenvalue weighted by molar-refractivity contribution is 7.86. The van der Waals surface area contributed by atoms with Gasteiger partial charge in [0, 0.05) is 16.3 Å². The first kappa shape index (κ1) is 15.2. The van der Waals surface area contributed by atoms with Crippen LogP contribution < -0.4 is 11.1 Å². The molecule has 1 amide bonds. The molecule has 0 aliphatic heterocycles. The number of benzene rings is 2. The molecule has 0 saturated carbocycles. The Labute approximate surface area is 124 Å². The lowest BCUT2D eigenvalue weighted by atomic mass is 10.3. The van der Waals surface area contributed by atoms with E-state index in [-0.39, 0.29) is 4.90 Å². The van der Waals surface area contributed by atoms with Crippen molar-refractivity contribution in [2.24, 2.45) is 0 Å². The normalized spacial score (nSPS) is 13.4. The molecule has 2 unspecified atom stereocenters. The van der Waals surface area contributed by atoms with Gasteiger partial charge in [-0.1, -0.05) is 6.07 Å². The maximum absolute atomic E-state index is 13.1. The van der Waals surface area contributed by atoms with E-state index in [1.54, 1.807) is 24.3 Å². The maximum Gasteiger partial charge on any atom is 0.240 e. The molecule has 4 nitrogen and oxygen atoms in total. The molecule has 0 spiro atoms. The Bertz CT molecular complexity index is 674. The van der Waals surface area contributed by atoms with Crippen LogP contribution in [-0.2, 0) is 15.6 Å². The van der Waals surface area contributed by atoms with Gasteiger partial charge in [-0.3, -0.25) is 9.00 Å². The summed E-state index contributed by atoms with van der Waals surface area (Å²) in [6.45, 7) is 1.54. The van der Waals surface area contributed by atoms with Crippen LogP contribution in [0.25, 0.3) is 0 Å². The van der Waals surface area contributed by atoms with E-state index in [0.29, 0.717) is 11.4 Å². The number of anilines is 2. The highest BCUT2D eigenvalue weighted by Gasteiger charge is 2.21. The number of carbonyl (C=O) groups excluding carboxylic acids is 1. The number of nitrogens with one attached hydrogen (secondary N) is 1. The molecule has 0 bridgehead atoms. The fourth-order valence-corrected chi connectivity index (χ4v) is 2.81. The first-order valence-electron chi connectivity index (χ1n) is 6.30. The summed E-state index contributed by atoms with van der Waals surface area (Å²) < 4.78 is 25.4. The van der Waals surface area contributed by atoms with Gasteiger partial charge in [-0.25, -0.2) is 4.39 Å². The number of rotatable bonds is 4. The molecule has 110 valence electrons. The maximum atomic E-state index is 13.1. The molecule has 0 aromatic heterocycles. The Morgan fingerprint density at radius 3 is 2.52 bits per heavy atom. The van der Waals surface area contributed by atoms with Gasteiger partial charge in [0.15, 0.2) is 0 Å². The summed E-state index contributed by atoms with van der Waals surface area (Å²) >= 11 is 0. The lowest BCUT2D eigenvalue weighted by molar-refractivity contribution is -0.115. The lowest BCUT2D eigenvalue weighted by Gasteiger charge is -2.12. The third-order valence-electron chi connectivity index (χ3n) is 2.90. The van der Waals surface area contributed by atoms with E-state index in [1.807, 2.05) is 0 Å². The van der Waals surface area contributed by atoms with E-state index in [2.05, 4.69) is 5.32 Å². The Kier molecular flexibility index (Phi) is 4.70. The Hall–Kier alpha value is -2.21. The van der Waals surface area contributed by atoms with Crippen molar-refractivity contribution in [1.82, 2.24) is 0 Å². The topological polar surface area (TPSA) is 72.2 Å². The van der Waals surface area contributed by atoms with Gasteiger partial charge in [-0.05, 0) is 49.4 Å². The molecule has 2 atom stereocenters. The molecule has 0 aliphatic rings. The minimum Gasteiger partial charge on any atom is -0.399 e. The van der Waals surface area contributed by atoms with Gasteiger partial charge in [0.2, 0.25) is 5.91 Å². The second-order valence-corrected chi connectivity index (χ2v) is 6.28. The van der Waals surface area contributed by atoms with Crippen LogP contribution in [0.3, 0.4) is 0 Å². The Morgan fingerprint density at radius 1 is 1.24 bits per heavy atom. The van der Waals surface area contributed by atoms with E-state index >= 15 is 0 Å². The molecule has 0 fully saturated rings. The van der Waals surface area contributed by atoms with E-state index in [4.69, 9.17) is 5.73 Å². The number of amides is 1. The van der Waals surface area contributed by atoms with Crippen molar-refractivity contribution in [3.63, 3.8) is 0 Å². The molecule has 0 radical (unpaired) electrons. The lowest BCUT2D eigenvalue weighted by Crippen LogP contribution is -2.29. The van der Waals surface area contributed by atoms with Gasteiger partial charge in [0.1, 0.15) is 11.1 Å². The van der Waals surface area contributed by atoms with Crippen molar-refractivity contribution in [2.75, 3.05) is 11.1 Å². The van der Waals surface area contributed by atoms with Crippen molar-refractivity contribution >= 4 is 28.1 Å². The standard InChI is InChI=1S/C15H15FN2O2S/c1-10(21(20)14-4-2-3-11(16)9-14)15(19)18-13-7-5-12(17)6-8-13/h2-10H,17H2,1H3,(H,18,19). The van der Waals surface area contributed by atoms with Crippen molar-refractivity contribution in [3.8, 4) is 0 Å². The van der Waals surface area contributed by atoms with Gasteiger partial charge in [0.25, 0.3) is 0 Å². The van der Waals surface area contributed by atoms with Crippen LogP contribution in [0.2, 0.25) is 0 Å². The third-order valence-corrected chi connectivity index (χ3v) is 4.47. The average Bonchev–Trinajstić information content (AvgIpc) is 2.48. The second kappa shape index (κ2) is 6.49. The quantitative estimate of drug-likeness (QED) is 0.853. The third kappa shape index (κ3) is 3.88. The van der Waals surface area contributed by atoms with Crippen molar-refractivity contribution < 1.29 is 13.4 Å². The summed E-state index contributed by atoms with van der Waals surface area (Å²) in [5.41, 5.74) is 6.71. The number of hydrogen-bond donors (Lipinski definition) is 2. The minimum atomic E-state index is -1.62. The van der Waals surface area contributed by atoms with E-state index in [9.17, 15) is 13.4 Å². The molecule has 2 rings (SSSR count). The predicted octanol–water partition coefficient (Wildman–Crippen LogP) is 2.54. The van der Waals surface area contributed by atoms with Crippen molar-refractivity contribution in [2.45, 2.75) is 17.1 Å². The number of carbonyl (C=O) groups is 1. The zero-order chi connectivity index (χ0) is 15.4. The van der Waals surface area contributed by atoms with Gasteiger partial charge in [-0.2, -0.15) is 0 Å². The smallest absolute Gasteiger partial charge is 0.240 e. The van der Waals surface area contributed by atoms with Crippen LogP contribution in [0.1, 0.15) is 6.92 Å². The molecule has 0 heterocycles. The zero-order valence-electron chi connectivity index (χ0n) is 11.4. The first-order valence-corrected chi connectivity index (χ1v) is 7.51. The van der Waals surface area contributed by atoms with Crippen LogP contribution in [0.5, 0.6) is 0 Å². The molecule has 6 heteroatoms. The molecule has 2 aromatic rings. The van der Waals surface area contributed by atoms with Gasteiger partial charge >= 0.3 is 0 Å². The summed E-state index contributed by atoms with van der Waals surface area (Å²) in [6, 6.07) is 12.1. The summed E-state index contributed by atoms with van der Waals surface area (Å²) in [5.74, 6) is -0.880. The number of nitrogens with two attached hydrogens (primary N) is 1. The highest BCUT2D eigenvalue weighted by Crippen LogP contribution is 2.16. The summed E-state index contributed by atoms with van der Waals surface area (Å²) in [4.78, 5) is 12.4. The van der Waals surface area contributed by atoms with Crippen LogP contribution in [0.4, 0.5) is 15.8 Å². The number of halogens is 1. The summed E-state index contributed by atoms with van der Waals surface area (Å²) in [7, 11) is -1.62. The fourth-order valence-electron chi connectivity index (χ4n) is 1.70. The van der Waals surface area contributed by atoms with Crippen LogP contribution in [0, 0.1) is 5.82 Å². The monoisotopic (exact) mass is 306 g/mol. The van der Waals surface area contributed by atoms with Crippen LogP contribution in [-0.4, -0.2) is 15.4 Å². The summed E-state index contributed by atoms with van der Waals surface area (Å²) in [6.07, 6.45) is 0. The molecular formula is C15H15FN2O2S. The Morgan fingerprint density at radius 2 is 1.90 bits per heavy atom. The van der Waals surface area contributed by atoms with E-state index < -0.39 is 27.8 Å². The van der Waals surface area contributed by atoms with Gasteiger partial charge in [-0.15, -0.1) is 0 Å². The minimum absolute atomic E-state index is 0.287. The van der Waals surface area contributed by atoms with E-state index in [1.165, 1.54) is 31.2 Å². The van der Waals surface area contributed by atoms with Crippen molar-refractivity contribution in [3.05, 3.63) is 54.3 Å². The second-order valence-electron chi connectivity index (χ2n) is 4.51. The highest BCUT2D eigenvalue weighted by atomic mass is 32.2. The zero-order valence-corrected chi connectivity index (χ0v) is 12.2. The molecule has 0 saturated heterocycles. The molecule has 2 aromatic carbocycles. The number of hydrogen-bond acceptors (Lipinski definition) is 3. The van der Waals surface area contributed by atoms with Crippen LogP contribution >= 0.6 is 0 Å². The first-order chi connectivity index (χ1) is 9.97. The van der Waals surface area contributed by atoms with Crippen LogP contribution in [0.15, 0.2) is 53.4 Å². The largest absolute Gasteiger partial charge is 0.399 e. The summed E-state index contributed by atoms with van der Waals surface area (Å²) in [5, 5.41) is 1.85. The van der Waals surface area contributed by atoms with E-state index in [0.717, 1.165) is 0 Å². The molecule has 3 N–H and O–H groups in total. The SMILES string of the molecule is CC(C(=O)Nc1ccc(N)cc1)S(=O)c1cccc(F)c1.